The maximum atomic E-state index is 12.7. The molecule has 3 N–H and O–H groups in total. The zero-order valence-corrected chi connectivity index (χ0v) is 17.2. The number of nitrogens with two attached hydrogens (primary N) is 1. The third kappa shape index (κ3) is 4.22. The molecule has 0 atom stereocenters. The first-order chi connectivity index (χ1) is 14.0. The van der Waals surface area contributed by atoms with Gasteiger partial charge in [-0.2, -0.15) is 5.10 Å². The molecule has 146 valence electrons. The number of hydrogen-bond donors (Lipinski definition) is 2. The molecule has 0 unspecified atom stereocenters. The first-order valence-electron chi connectivity index (χ1n) is 9.34. The molecular weight excluding hydrogens is 380 g/mol. The Balaban J connectivity index is 1.48. The molecule has 0 fully saturated rings. The number of anilines is 2. The van der Waals surface area contributed by atoms with Crippen molar-refractivity contribution in [1.29, 1.82) is 0 Å². The lowest BCUT2D eigenvalue weighted by Gasteiger charge is -2.10. The van der Waals surface area contributed by atoms with Gasteiger partial charge < -0.3 is 11.1 Å². The number of benzene rings is 2. The highest BCUT2D eigenvalue weighted by Gasteiger charge is 2.10. The largest absolute Gasteiger partial charge is 0.397 e. The number of nitrogen functional groups attached to an aromatic ring is 1. The summed E-state index contributed by atoms with van der Waals surface area (Å²) in [5.74, 6) is -0.183. The minimum atomic E-state index is -0.183. The van der Waals surface area contributed by atoms with Crippen molar-refractivity contribution in [3.05, 3.63) is 88.6 Å². The van der Waals surface area contributed by atoms with Crippen LogP contribution < -0.4 is 11.1 Å². The van der Waals surface area contributed by atoms with E-state index in [0.29, 0.717) is 23.5 Å². The van der Waals surface area contributed by atoms with Crippen LogP contribution >= 0.6 is 11.3 Å². The summed E-state index contributed by atoms with van der Waals surface area (Å²) in [6.45, 7) is 4.72. The predicted molar refractivity (Wildman–Crippen MR) is 119 cm³/mol. The molecule has 2 aromatic carbocycles. The molecule has 2 aromatic heterocycles. The Hall–Kier alpha value is -3.38. The number of aryl methyl sites for hydroxylation is 2. The molecule has 0 aliphatic rings. The van der Waals surface area contributed by atoms with Crippen LogP contribution in [0.25, 0.3) is 10.4 Å². The summed E-state index contributed by atoms with van der Waals surface area (Å²) in [6, 6.07) is 17.3. The number of nitrogens with zero attached hydrogens (tertiary/aromatic N) is 2. The molecule has 5 nitrogen and oxygen atoms in total. The number of carbonyl (C=O) groups is 1. The minimum Gasteiger partial charge on any atom is -0.397 e. The Labute approximate surface area is 173 Å². The van der Waals surface area contributed by atoms with Crippen LogP contribution in [-0.4, -0.2) is 15.7 Å². The van der Waals surface area contributed by atoms with Crippen LogP contribution in [0.4, 0.5) is 11.4 Å². The highest BCUT2D eigenvalue weighted by Crippen LogP contribution is 2.30. The Bertz CT molecular complexity index is 1120. The van der Waals surface area contributed by atoms with Crippen molar-refractivity contribution in [1.82, 2.24) is 9.78 Å². The van der Waals surface area contributed by atoms with E-state index in [1.807, 2.05) is 84.7 Å². The number of rotatable bonds is 5. The van der Waals surface area contributed by atoms with Crippen LogP contribution in [0.3, 0.4) is 0 Å². The number of hydrogen-bond acceptors (Lipinski definition) is 4. The van der Waals surface area contributed by atoms with Crippen molar-refractivity contribution < 1.29 is 4.79 Å². The molecule has 4 rings (SSSR count). The number of amides is 1. The number of aromatic nitrogens is 2. The van der Waals surface area contributed by atoms with Crippen molar-refractivity contribution in [2.75, 3.05) is 11.1 Å². The first kappa shape index (κ1) is 19.0. The van der Waals surface area contributed by atoms with Gasteiger partial charge in [-0.05, 0) is 66.2 Å². The van der Waals surface area contributed by atoms with Crippen LogP contribution in [-0.2, 0) is 6.54 Å². The number of thiophene rings is 1. The van der Waals surface area contributed by atoms with Gasteiger partial charge in [-0.25, -0.2) is 0 Å². The van der Waals surface area contributed by atoms with Gasteiger partial charge in [0.05, 0.1) is 23.6 Å². The fourth-order valence-electron chi connectivity index (χ4n) is 3.10. The molecule has 0 radical (unpaired) electrons. The summed E-state index contributed by atoms with van der Waals surface area (Å²) in [4.78, 5) is 13.8. The molecule has 2 heterocycles. The molecule has 29 heavy (non-hydrogen) atoms. The second-order valence-corrected chi connectivity index (χ2v) is 7.97. The van der Waals surface area contributed by atoms with Crippen LogP contribution in [0.2, 0.25) is 0 Å². The van der Waals surface area contributed by atoms with Gasteiger partial charge in [0.1, 0.15) is 0 Å². The fraction of sp³-hybridized carbons (Fsp3) is 0.130. The molecule has 0 bridgehead atoms. The van der Waals surface area contributed by atoms with E-state index in [2.05, 4.69) is 10.4 Å². The summed E-state index contributed by atoms with van der Waals surface area (Å²) >= 11 is 1.65. The topological polar surface area (TPSA) is 72.9 Å². The molecular formula is C23H22N4OS. The standard InChI is InChI=1S/C23H22N4OS/c1-15-13-27(26-16(15)2)14-17-5-7-18(8-6-17)23(28)25-21-12-19(9-10-20(21)24)22-4-3-11-29-22/h3-13H,14,24H2,1-2H3,(H,25,28). The van der Waals surface area contributed by atoms with Crippen LogP contribution in [0.15, 0.2) is 66.2 Å². The first-order valence-corrected chi connectivity index (χ1v) is 10.2. The molecule has 0 spiro atoms. The van der Waals surface area contributed by atoms with E-state index in [-0.39, 0.29) is 5.91 Å². The number of nitrogens with one attached hydrogen (secondary N) is 1. The SMILES string of the molecule is Cc1cn(Cc2ccc(C(=O)Nc3cc(-c4cccs4)ccc3N)cc2)nc1C. The Kier molecular flexibility index (Phi) is 5.18. The zero-order valence-electron chi connectivity index (χ0n) is 16.3. The van der Waals surface area contributed by atoms with Gasteiger partial charge in [-0.1, -0.05) is 24.3 Å². The predicted octanol–water partition coefficient (Wildman–Crippen LogP) is 5.11. The summed E-state index contributed by atoms with van der Waals surface area (Å²) in [5.41, 5.74) is 12.1. The molecule has 0 aliphatic carbocycles. The molecule has 0 aliphatic heterocycles. The summed E-state index contributed by atoms with van der Waals surface area (Å²) in [6.07, 6.45) is 2.03. The van der Waals surface area contributed by atoms with E-state index in [9.17, 15) is 4.79 Å². The van der Waals surface area contributed by atoms with E-state index in [1.54, 1.807) is 11.3 Å². The molecule has 0 saturated heterocycles. The minimum absolute atomic E-state index is 0.183. The Morgan fingerprint density at radius 1 is 1.14 bits per heavy atom. The lowest BCUT2D eigenvalue weighted by Crippen LogP contribution is -2.13. The summed E-state index contributed by atoms with van der Waals surface area (Å²) < 4.78 is 1.91. The second kappa shape index (κ2) is 7.93. The van der Waals surface area contributed by atoms with Crippen molar-refractivity contribution in [2.24, 2.45) is 0 Å². The number of carbonyl (C=O) groups excluding carboxylic acids is 1. The lowest BCUT2D eigenvalue weighted by atomic mass is 10.1. The average Bonchev–Trinajstić information content (AvgIpc) is 3.34. The van der Waals surface area contributed by atoms with Crippen LogP contribution in [0.5, 0.6) is 0 Å². The molecule has 6 heteroatoms. The van der Waals surface area contributed by atoms with E-state index < -0.39 is 0 Å². The molecule has 1 amide bonds. The summed E-state index contributed by atoms with van der Waals surface area (Å²) in [5, 5.41) is 9.44. The maximum Gasteiger partial charge on any atom is 0.255 e. The van der Waals surface area contributed by atoms with Gasteiger partial charge in [0.15, 0.2) is 0 Å². The van der Waals surface area contributed by atoms with Gasteiger partial charge in [0.2, 0.25) is 0 Å². The normalized spacial score (nSPS) is 10.8. The molecule has 0 saturated carbocycles. The zero-order chi connectivity index (χ0) is 20.4. The maximum absolute atomic E-state index is 12.7. The van der Waals surface area contributed by atoms with Gasteiger partial charge in [-0.3, -0.25) is 9.48 Å². The second-order valence-electron chi connectivity index (χ2n) is 7.03. The van der Waals surface area contributed by atoms with E-state index in [0.717, 1.165) is 21.7 Å². The smallest absolute Gasteiger partial charge is 0.255 e. The monoisotopic (exact) mass is 402 g/mol. The quantitative estimate of drug-likeness (QED) is 0.456. The average molecular weight is 403 g/mol. The highest BCUT2D eigenvalue weighted by atomic mass is 32.1. The van der Waals surface area contributed by atoms with Crippen LogP contribution in [0.1, 0.15) is 27.2 Å². The van der Waals surface area contributed by atoms with Gasteiger partial charge in [-0.15, -0.1) is 11.3 Å². The third-order valence-electron chi connectivity index (χ3n) is 4.86. The van der Waals surface area contributed by atoms with Gasteiger partial charge in [0.25, 0.3) is 5.91 Å². The highest BCUT2D eigenvalue weighted by molar-refractivity contribution is 7.13. The van der Waals surface area contributed by atoms with Crippen molar-refractivity contribution >= 4 is 28.6 Å². The molecule has 4 aromatic rings. The van der Waals surface area contributed by atoms with Crippen molar-refractivity contribution in [3.63, 3.8) is 0 Å². The van der Waals surface area contributed by atoms with Crippen molar-refractivity contribution in [2.45, 2.75) is 20.4 Å². The van der Waals surface area contributed by atoms with Crippen LogP contribution in [0, 0.1) is 13.8 Å². The lowest BCUT2D eigenvalue weighted by molar-refractivity contribution is 0.102. The van der Waals surface area contributed by atoms with Crippen molar-refractivity contribution in [3.8, 4) is 10.4 Å². The van der Waals surface area contributed by atoms with E-state index in [4.69, 9.17) is 5.73 Å². The van der Waals surface area contributed by atoms with E-state index >= 15 is 0 Å². The van der Waals surface area contributed by atoms with Gasteiger partial charge >= 0.3 is 0 Å². The summed E-state index contributed by atoms with van der Waals surface area (Å²) in [7, 11) is 0. The Morgan fingerprint density at radius 3 is 2.59 bits per heavy atom. The van der Waals surface area contributed by atoms with E-state index in [1.165, 1.54) is 5.56 Å². The fourth-order valence-corrected chi connectivity index (χ4v) is 3.83. The van der Waals surface area contributed by atoms with Gasteiger partial charge in [0, 0.05) is 16.6 Å². The third-order valence-corrected chi connectivity index (χ3v) is 5.78. The Morgan fingerprint density at radius 2 is 1.93 bits per heavy atom.